The number of hydrogen-bond acceptors (Lipinski definition) is 6. The molecule has 0 saturated carbocycles. The molecule has 0 heterocycles. The summed E-state index contributed by atoms with van der Waals surface area (Å²) in [5.74, 6) is -0.127. The topological polar surface area (TPSA) is 105 Å². The summed E-state index contributed by atoms with van der Waals surface area (Å²) in [5.41, 5.74) is 3.54. The number of carbonyl (C=O) groups is 2. The van der Waals surface area contributed by atoms with Crippen LogP contribution in [0.3, 0.4) is 0 Å². The molecule has 49 heavy (non-hydrogen) atoms. The van der Waals surface area contributed by atoms with Crippen LogP contribution in [-0.4, -0.2) is 58.5 Å². The quantitative estimate of drug-likeness (QED) is 0.150. The van der Waals surface area contributed by atoms with Crippen molar-refractivity contribution in [2.75, 3.05) is 31.6 Å². The molecule has 2 amide bonds. The Morgan fingerprint density at radius 1 is 0.816 bits per heavy atom. The highest BCUT2D eigenvalue weighted by molar-refractivity contribution is 7.92. The van der Waals surface area contributed by atoms with Crippen LogP contribution in [0, 0.1) is 19.8 Å². The van der Waals surface area contributed by atoms with Crippen LogP contribution in [0.15, 0.2) is 95.9 Å². The van der Waals surface area contributed by atoms with Crippen LogP contribution < -0.4 is 19.1 Å². The summed E-state index contributed by atoms with van der Waals surface area (Å²) >= 11 is 6.18. The van der Waals surface area contributed by atoms with Crippen molar-refractivity contribution in [2.24, 2.45) is 5.92 Å². The van der Waals surface area contributed by atoms with Crippen LogP contribution in [0.25, 0.3) is 0 Å². The lowest BCUT2D eigenvalue weighted by Crippen LogP contribution is -2.53. The molecule has 0 unspecified atom stereocenters. The molecule has 11 heteroatoms. The van der Waals surface area contributed by atoms with E-state index in [1.54, 1.807) is 36.4 Å². The van der Waals surface area contributed by atoms with Crippen LogP contribution in [0.1, 0.15) is 36.1 Å². The van der Waals surface area contributed by atoms with E-state index in [1.165, 1.54) is 37.3 Å². The lowest BCUT2D eigenvalue weighted by atomic mass is 10.0. The molecule has 4 rings (SSSR count). The molecule has 1 atom stereocenters. The standard InChI is InChI=1S/C38H44ClN3O6S/c1-26(2)23-40-38(44)34(21-29-10-8-7-9-11-29)41(24-30-12-14-31(39)15-13-30)37(43)25-42(32-19-27(3)18-28(4)20-32)49(45,46)33-16-17-35(47-5)36(22-33)48-6/h7-20,22,26,34H,21,23-25H2,1-6H3,(H,40,44)/t34-/m1/s1. The Bertz CT molecular complexity index is 1830. The number of benzene rings is 4. The molecule has 0 radical (unpaired) electrons. The molecule has 0 aromatic heterocycles. The second-order valence-electron chi connectivity index (χ2n) is 12.4. The smallest absolute Gasteiger partial charge is 0.264 e. The van der Waals surface area contributed by atoms with Crippen molar-refractivity contribution in [2.45, 2.75) is 51.6 Å². The number of carbonyl (C=O) groups excluding carboxylic acids is 2. The third kappa shape index (κ3) is 9.77. The number of methoxy groups -OCH3 is 2. The first-order valence-electron chi connectivity index (χ1n) is 16.0. The van der Waals surface area contributed by atoms with Crippen LogP contribution in [0.4, 0.5) is 5.69 Å². The molecular formula is C38H44ClN3O6S. The van der Waals surface area contributed by atoms with Crippen molar-refractivity contribution in [3.8, 4) is 11.5 Å². The molecule has 4 aromatic carbocycles. The highest BCUT2D eigenvalue weighted by Gasteiger charge is 2.35. The van der Waals surface area contributed by atoms with Gasteiger partial charge in [-0.25, -0.2) is 8.42 Å². The number of sulfonamides is 1. The van der Waals surface area contributed by atoms with E-state index in [2.05, 4.69) is 5.32 Å². The Kier molecular flexibility index (Phi) is 12.7. The molecule has 0 aliphatic carbocycles. The Hall–Kier alpha value is -4.54. The summed E-state index contributed by atoms with van der Waals surface area (Å²) in [6.45, 7) is 7.58. The molecule has 0 spiro atoms. The molecule has 9 nitrogen and oxygen atoms in total. The number of nitrogens with zero attached hydrogens (tertiary/aromatic N) is 2. The second-order valence-corrected chi connectivity index (χ2v) is 14.7. The van der Waals surface area contributed by atoms with E-state index < -0.39 is 28.5 Å². The van der Waals surface area contributed by atoms with Gasteiger partial charge in [0.25, 0.3) is 10.0 Å². The normalized spacial score (nSPS) is 11.9. The van der Waals surface area contributed by atoms with Crippen LogP contribution in [0.2, 0.25) is 5.02 Å². The average molecular weight is 706 g/mol. The third-order valence-corrected chi connectivity index (χ3v) is 9.96. The van der Waals surface area contributed by atoms with Gasteiger partial charge in [0, 0.05) is 30.6 Å². The maximum Gasteiger partial charge on any atom is 0.264 e. The van der Waals surface area contributed by atoms with Gasteiger partial charge in [-0.05, 0) is 78.4 Å². The van der Waals surface area contributed by atoms with Crippen molar-refractivity contribution in [1.82, 2.24) is 10.2 Å². The van der Waals surface area contributed by atoms with Gasteiger partial charge in [-0.1, -0.05) is 74.0 Å². The summed E-state index contributed by atoms with van der Waals surface area (Å²) in [6.07, 6.45) is 0.218. The summed E-state index contributed by atoms with van der Waals surface area (Å²) in [7, 11) is -1.46. The first-order chi connectivity index (χ1) is 23.3. The van der Waals surface area contributed by atoms with Gasteiger partial charge in [0.15, 0.2) is 11.5 Å². The highest BCUT2D eigenvalue weighted by atomic mass is 35.5. The molecule has 0 fully saturated rings. The van der Waals surface area contributed by atoms with Crippen molar-refractivity contribution in [3.63, 3.8) is 0 Å². The predicted molar refractivity (Wildman–Crippen MR) is 194 cm³/mol. The lowest BCUT2D eigenvalue weighted by Gasteiger charge is -2.34. The van der Waals surface area contributed by atoms with Gasteiger partial charge in [0.1, 0.15) is 12.6 Å². The summed E-state index contributed by atoms with van der Waals surface area (Å²) < 4.78 is 40.9. The number of anilines is 1. The van der Waals surface area contributed by atoms with E-state index in [9.17, 15) is 18.0 Å². The lowest BCUT2D eigenvalue weighted by molar-refractivity contribution is -0.140. The number of halogens is 1. The Morgan fingerprint density at radius 2 is 1.45 bits per heavy atom. The molecular weight excluding hydrogens is 662 g/mol. The predicted octanol–water partition coefficient (Wildman–Crippen LogP) is 6.58. The number of rotatable bonds is 15. The number of hydrogen-bond donors (Lipinski definition) is 1. The minimum absolute atomic E-state index is 0.0414. The zero-order valence-electron chi connectivity index (χ0n) is 28.8. The zero-order chi connectivity index (χ0) is 35.7. The summed E-state index contributed by atoms with van der Waals surface area (Å²) in [6, 6.07) is 25.2. The van der Waals surface area contributed by atoms with E-state index in [1.807, 2.05) is 64.1 Å². The Balaban J connectivity index is 1.84. The van der Waals surface area contributed by atoms with Gasteiger partial charge in [-0.15, -0.1) is 0 Å². The Labute approximate surface area is 294 Å². The van der Waals surface area contributed by atoms with Crippen molar-refractivity contribution in [1.29, 1.82) is 0 Å². The maximum absolute atomic E-state index is 14.7. The highest BCUT2D eigenvalue weighted by Crippen LogP contribution is 2.33. The third-order valence-electron chi connectivity index (χ3n) is 7.94. The van der Waals surface area contributed by atoms with E-state index in [0.29, 0.717) is 23.0 Å². The fourth-order valence-electron chi connectivity index (χ4n) is 5.49. The van der Waals surface area contributed by atoms with E-state index in [0.717, 1.165) is 26.6 Å². The molecule has 0 saturated heterocycles. The molecule has 260 valence electrons. The number of ether oxygens (including phenoxy) is 2. The minimum Gasteiger partial charge on any atom is -0.493 e. The van der Waals surface area contributed by atoms with E-state index >= 15 is 0 Å². The Morgan fingerprint density at radius 3 is 2.04 bits per heavy atom. The largest absolute Gasteiger partial charge is 0.493 e. The van der Waals surface area contributed by atoms with Crippen molar-refractivity contribution in [3.05, 3.63) is 118 Å². The van der Waals surface area contributed by atoms with Gasteiger partial charge in [-0.2, -0.15) is 0 Å². The molecule has 0 aliphatic rings. The van der Waals surface area contributed by atoms with Crippen molar-refractivity contribution >= 4 is 39.1 Å². The number of aryl methyl sites for hydroxylation is 2. The monoisotopic (exact) mass is 705 g/mol. The summed E-state index contributed by atoms with van der Waals surface area (Å²) in [4.78, 5) is 30.0. The van der Waals surface area contributed by atoms with Crippen LogP contribution >= 0.6 is 11.6 Å². The fraction of sp³-hybridized carbons (Fsp3) is 0.316. The van der Waals surface area contributed by atoms with Gasteiger partial charge in [0.05, 0.1) is 24.8 Å². The zero-order valence-corrected chi connectivity index (χ0v) is 30.3. The number of amides is 2. The maximum atomic E-state index is 14.7. The SMILES string of the molecule is COc1ccc(S(=O)(=O)N(CC(=O)N(Cc2ccc(Cl)cc2)[C@H](Cc2ccccc2)C(=O)NCC(C)C)c2cc(C)cc(C)c2)cc1OC. The van der Waals surface area contributed by atoms with Crippen LogP contribution in [-0.2, 0) is 32.6 Å². The van der Waals surface area contributed by atoms with Crippen LogP contribution in [0.5, 0.6) is 11.5 Å². The van der Waals surface area contributed by atoms with Crippen molar-refractivity contribution < 1.29 is 27.5 Å². The second kappa shape index (κ2) is 16.7. The molecule has 0 aliphatic heterocycles. The number of nitrogens with one attached hydrogen (secondary N) is 1. The average Bonchev–Trinajstić information content (AvgIpc) is 3.07. The van der Waals surface area contributed by atoms with Gasteiger partial charge < -0.3 is 19.7 Å². The first kappa shape index (κ1) is 37.3. The molecule has 1 N–H and O–H groups in total. The van der Waals surface area contributed by atoms with Gasteiger partial charge >= 0.3 is 0 Å². The van der Waals surface area contributed by atoms with Gasteiger partial charge in [-0.3, -0.25) is 13.9 Å². The van der Waals surface area contributed by atoms with E-state index in [-0.39, 0.29) is 35.4 Å². The fourth-order valence-corrected chi connectivity index (χ4v) is 7.03. The molecule has 0 bridgehead atoms. The van der Waals surface area contributed by atoms with Gasteiger partial charge in [0.2, 0.25) is 11.8 Å². The first-order valence-corrected chi connectivity index (χ1v) is 17.8. The summed E-state index contributed by atoms with van der Waals surface area (Å²) in [5, 5.41) is 3.53. The minimum atomic E-state index is -4.35. The molecule has 4 aromatic rings. The van der Waals surface area contributed by atoms with E-state index in [4.69, 9.17) is 21.1 Å².